The normalized spacial score (nSPS) is 10.8. The molecule has 0 bridgehead atoms. The molecule has 6 heteroatoms. The molecule has 0 amide bonds. The Morgan fingerprint density at radius 3 is 2.74 bits per heavy atom. The molecule has 6 nitrogen and oxygen atoms in total. The molecule has 0 spiro atoms. The van der Waals surface area contributed by atoms with Gasteiger partial charge in [0.25, 0.3) is 0 Å². The summed E-state index contributed by atoms with van der Waals surface area (Å²) in [5.74, 6) is 1.82. The summed E-state index contributed by atoms with van der Waals surface area (Å²) in [4.78, 5) is 12.8. The highest BCUT2D eigenvalue weighted by atomic mass is 16.5. The van der Waals surface area contributed by atoms with Crippen LogP contribution in [0.4, 0.5) is 5.82 Å². The van der Waals surface area contributed by atoms with E-state index in [4.69, 9.17) is 10.5 Å². The minimum Gasteiger partial charge on any atom is -0.497 e. The smallest absolute Gasteiger partial charge is 0.163 e. The fourth-order valence-electron chi connectivity index (χ4n) is 2.04. The molecule has 2 aromatic heterocycles. The fourth-order valence-corrected chi connectivity index (χ4v) is 2.04. The van der Waals surface area contributed by atoms with Gasteiger partial charge in [0, 0.05) is 25.5 Å². The standard InChI is InChI=1S/C13H13N5O/c1-18-10-4-3-8(19-2)7-9(10)17-13(18)11-12(14)16-6-5-15-11/h3-7H,1-2H3,(H2,14,16). The summed E-state index contributed by atoms with van der Waals surface area (Å²) < 4.78 is 7.14. The summed E-state index contributed by atoms with van der Waals surface area (Å²) in [5.41, 5.74) is 8.25. The third-order valence-corrected chi connectivity index (χ3v) is 3.03. The minimum absolute atomic E-state index is 0.368. The van der Waals surface area contributed by atoms with Crippen molar-refractivity contribution in [3.8, 4) is 17.3 Å². The van der Waals surface area contributed by atoms with Gasteiger partial charge in [-0.05, 0) is 12.1 Å². The van der Waals surface area contributed by atoms with Gasteiger partial charge in [0.05, 0.1) is 18.1 Å². The lowest BCUT2D eigenvalue weighted by atomic mass is 10.3. The van der Waals surface area contributed by atoms with E-state index in [0.29, 0.717) is 17.3 Å². The third kappa shape index (κ3) is 1.77. The van der Waals surface area contributed by atoms with Crippen LogP contribution in [-0.4, -0.2) is 26.6 Å². The maximum Gasteiger partial charge on any atom is 0.163 e. The van der Waals surface area contributed by atoms with Crippen molar-refractivity contribution in [2.24, 2.45) is 7.05 Å². The molecule has 0 atom stereocenters. The Morgan fingerprint density at radius 1 is 1.21 bits per heavy atom. The van der Waals surface area contributed by atoms with Gasteiger partial charge in [-0.1, -0.05) is 0 Å². The van der Waals surface area contributed by atoms with E-state index in [2.05, 4.69) is 15.0 Å². The van der Waals surface area contributed by atoms with E-state index in [0.717, 1.165) is 16.8 Å². The Labute approximate surface area is 109 Å². The molecule has 3 rings (SSSR count). The number of ether oxygens (including phenoxy) is 1. The van der Waals surface area contributed by atoms with Crippen molar-refractivity contribution >= 4 is 16.9 Å². The first-order chi connectivity index (χ1) is 9.20. The van der Waals surface area contributed by atoms with Crippen molar-refractivity contribution in [2.75, 3.05) is 12.8 Å². The van der Waals surface area contributed by atoms with Gasteiger partial charge in [-0.3, -0.25) is 0 Å². The van der Waals surface area contributed by atoms with Gasteiger partial charge in [-0.25, -0.2) is 15.0 Å². The highest BCUT2D eigenvalue weighted by Crippen LogP contribution is 2.27. The SMILES string of the molecule is COc1ccc2c(c1)nc(-c1nccnc1N)n2C. The Bertz CT molecular complexity index is 750. The highest BCUT2D eigenvalue weighted by molar-refractivity contribution is 5.82. The van der Waals surface area contributed by atoms with E-state index in [9.17, 15) is 0 Å². The zero-order chi connectivity index (χ0) is 13.4. The number of nitrogens with two attached hydrogens (primary N) is 1. The molecule has 2 N–H and O–H groups in total. The van der Waals surface area contributed by atoms with Crippen LogP contribution in [0.25, 0.3) is 22.6 Å². The molecular formula is C13H13N5O. The highest BCUT2D eigenvalue weighted by Gasteiger charge is 2.14. The maximum absolute atomic E-state index is 5.85. The fraction of sp³-hybridized carbons (Fsp3) is 0.154. The molecule has 19 heavy (non-hydrogen) atoms. The molecule has 3 aromatic rings. The van der Waals surface area contributed by atoms with Gasteiger partial charge in [-0.2, -0.15) is 0 Å². The van der Waals surface area contributed by atoms with E-state index in [1.807, 2.05) is 29.8 Å². The number of aromatic nitrogens is 4. The van der Waals surface area contributed by atoms with E-state index in [1.165, 1.54) is 0 Å². The Kier molecular flexibility index (Phi) is 2.56. The number of hydrogen-bond acceptors (Lipinski definition) is 5. The zero-order valence-corrected chi connectivity index (χ0v) is 10.7. The van der Waals surface area contributed by atoms with Crippen LogP contribution in [0.3, 0.4) is 0 Å². The summed E-state index contributed by atoms with van der Waals surface area (Å²) in [6.45, 7) is 0. The number of anilines is 1. The van der Waals surface area contributed by atoms with Crippen molar-refractivity contribution < 1.29 is 4.74 Å². The Balaban J connectivity index is 2.25. The number of methoxy groups -OCH3 is 1. The number of nitrogen functional groups attached to an aromatic ring is 1. The predicted octanol–water partition coefficient (Wildman–Crippen LogP) is 1.62. The third-order valence-electron chi connectivity index (χ3n) is 3.03. The van der Waals surface area contributed by atoms with Gasteiger partial charge >= 0.3 is 0 Å². The van der Waals surface area contributed by atoms with Gasteiger partial charge in [0.1, 0.15) is 11.4 Å². The molecule has 96 valence electrons. The topological polar surface area (TPSA) is 78.8 Å². The van der Waals surface area contributed by atoms with E-state index in [-0.39, 0.29) is 0 Å². The molecule has 1 aromatic carbocycles. The van der Waals surface area contributed by atoms with Crippen LogP contribution < -0.4 is 10.5 Å². The lowest BCUT2D eigenvalue weighted by Crippen LogP contribution is -2.00. The monoisotopic (exact) mass is 255 g/mol. The molecule has 0 aliphatic rings. The molecule has 0 saturated heterocycles. The zero-order valence-electron chi connectivity index (χ0n) is 10.7. The van der Waals surface area contributed by atoms with Crippen LogP contribution >= 0.6 is 0 Å². The second-order valence-electron chi connectivity index (χ2n) is 4.14. The van der Waals surface area contributed by atoms with Crippen LogP contribution in [0.15, 0.2) is 30.6 Å². The lowest BCUT2D eigenvalue weighted by Gasteiger charge is -2.03. The molecule has 0 unspecified atom stereocenters. The van der Waals surface area contributed by atoms with Crippen LogP contribution in [-0.2, 0) is 7.05 Å². The quantitative estimate of drug-likeness (QED) is 0.752. The molecular weight excluding hydrogens is 242 g/mol. The summed E-state index contributed by atoms with van der Waals surface area (Å²) in [7, 11) is 3.55. The van der Waals surface area contributed by atoms with Gasteiger partial charge in [0.15, 0.2) is 11.6 Å². The molecule has 0 aliphatic carbocycles. The van der Waals surface area contributed by atoms with Crippen molar-refractivity contribution in [1.29, 1.82) is 0 Å². The summed E-state index contributed by atoms with van der Waals surface area (Å²) in [5, 5.41) is 0. The number of benzene rings is 1. The second-order valence-corrected chi connectivity index (χ2v) is 4.14. The van der Waals surface area contributed by atoms with Crippen molar-refractivity contribution in [1.82, 2.24) is 19.5 Å². The van der Waals surface area contributed by atoms with Crippen LogP contribution in [0.2, 0.25) is 0 Å². The number of hydrogen-bond donors (Lipinski definition) is 1. The Hall–Kier alpha value is -2.63. The molecule has 0 radical (unpaired) electrons. The first-order valence-electron chi connectivity index (χ1n) is 5.78. The van der Waals surface area contributed by atoms with Crippen molar-refractivity contribution in [3.05, 3.63) is 30.6 Å². The molecule has 0 aliphatic heterocycles. The average molecular weight is 255 g/mol. The number of nitrogens with zero attached hydrogens (tertiary/aromatic N) is 4. The minimum atomic E-state index is 0.368. The summed E-state index contributed by atoms with van der Waals surface area (Å²) >= 11 is 0. The van der Waals surface area contributed by atoms with Gasteiger partial charge < -0.3 is 15.0 Å². The van der Waals surface area contributed by atoms with E-state index >= 15 is 0 Å². The Morgan fingerprint density at radius 2 is 2.00 bits per heavy atom. The van der Waals surface area contributed by atoms with Crippen LogP contribution in [0.1, 0.15) is 0 Å². The molecule has 0 saturated carbocycles. The van der Waals surface area contributed by atoms with E-state index in [1.54, 1.807) is 19.5 Å². The van der Waals surface area contributed by atoms with E-state index < -0.39 is 0 Å². The van der Waals surface area contributed by atoms with Crippen LogP contribution in [0.5, 0.6) is 5.75 Å². The first-order valence-corrected chi connectivity index (χ1v) is 5.78. The van der Waals surface area contributed by atoms with Gasteiger partial charge in [-0.15, -0.1) is 0 Å². The number of rotatable bonds is 2. The largest absolute Gasteiger partial charge is 0.497 e. The first kappa shape index (κ1) is 11.5. The summed E-state index contributed by atoms with van der Waals surface area (Å²) in [6, 6.07) is 5.73. The number of fused-ring (bicyclic) bond motifs is 1. The van der Waals surface area contributed by atoms with Crippen molar-refractivity contribution in [2.45, 2.75) is 0 Å². The summed E-state index contributed by atoms with van der Waals surface area (Å²) in [6.07, 6.45) is 3.16. The number of imidazole rings is 1. The maximum atomic E-state index is 5.85. The molecule has 0 fully saturated rings. The lowest BCUT2D eigenvalue weighted by molar-refractivity contribution is 0.415. The average Bonchev–Trinajstić information content (AvgIpc) is 2.76. The second kappa shape index (κ2) is 4.24. The molecule has 2 heterocycles. The number of aryl methyl sites for hydroxylation is 1. The predicted molar refractivity (Wildman–Crippen MR) is 72.7 cm³/mol. The van der Waals surface area contributed by atoms with Crippen molar-refractivity contribution in [3.63, 3.8) is 0 Å². The van der Waals surface area contributed by atoms with Gasteiger partial charge in [0.2, 0.25) is 0 Å². The van der Waals surface area contributed by atoms with Crippen LogP contribution in [0, 0.1) is 0 Å².